The minimum atomic E-state index is 0. The van der Waals surface area contributed by atoms with Crippen LogP contribution in [-0.2, 0) is 11.3 Å². The Morgan fingerprint density at radius 2 is 2.16 bits per heavy atom. The molecular weight excluding hydrogens is 447 g/mol. The van der Waals surface area contributed by atoms with Crippen molar-refractivity contribution in [2.45, 2.75) is 60.1 Å². The molecule has 1 aromatic rings. The average molecular weight is 480 g/mol. The van der Waals surface area contributed by atoms with E-state index in [1.165, 1.54) is 11.3 Å². The maximum atomic E-state index is 6.07. The molecule has 0 spiro atoms. The van der Waals surface area contributed by atoms with Crippen LogP contribution in [0.25, 0.3) is 0 Å². The van der Waals surface area contributed by atoms with Crippen LogP contribution in [-0.4, -0.2) is 36.7 Å². The van der Waals surface area contributed by atoms with E-state index < -0.39 is 0 Å². The number of aromatic nitrogens is 1. The highest BCUT2D eigenvalue weighted by Crippen LogP contribution is 2.33. The SMILES string of the molecule is CCNC(=NCc1scnc1C)NCC1CCCOC1C(C)(C)C.I. The first-order valence-corrected chi connectivity index (χ1v) is 9.82. The van der Waals surface area contributed by atoms with Crippen LogP contribution in [0.2, 0.25) is 0 Å². The molecule has 2 N–H and O–H groups in total. The third kappa shape index (κ3) is 7.02. The summed E-state index contributed by atoms with van der Waals surface area (Å²) in [6.07, 6.45) is 2.65. The fraction of sp³-hybridized carbons (Fsp3) is 0.778. The molecule has 0 amide bonds. The highest BCUT2D eigenvalue weighted by atomic mass is 127. The summed E-state index contributed by atoms with van der Waals surface area (Å²) < 4.78 is 6.07. The van der Waals surface area contributed by atoms with Crippen molar-refractivity contribution in [1.29, 1.82) is 0 Å². The van der Waals surface area contributed by atoms with E-state index in [0.717, 1.165) is 37.8 Å². The van der Waals surface area contributed by atoms with Gasteiger partial charge in [-0.15, -0.1) is 35.3 Å². The Bertz CT molecular complexity index is 541. The van der Waals surface area contributed by atoms with Crippen LogP contribution in [0.4, 0.5) is 0 Å². The highest BCUT2D eigenvalue weighted by Gasteiger charge is 2.35. The predicted molar refractivity (Wildman–Crippen MR) is 117 cm³/mol. The van der Waals surface area contributed by atoms with Gasteiger partial charge in [-0.25, -0.2) is 9.98 Å². The number of thiazole rings is 1. The van der Waals surface area contributed by atoms with Gasteiger partial charge in [0.15, 0.2) is 5.96 Å². The van der Waals surface area contributed by atoms with Gasteiger partial charge in [-0.05, 0) is 32.1 Å². The molecule has 1 aliphatic heterocycles. The zero-order valence-corrected chi connectivity index (χ0v) is 19.2. The Kier molecular flexibility index (Phi) is 9.66. The second kappa shape index (κ2) is 10.7. The first-order chi connectivity index (χ1) is 11.4. The maximum Gasteiger partial charge on any atom is 0.191 e. The van der Waals surface area contributed by atoms with Gasteiger partial charge in [-0.2, -0.15) is 0 Å². The van der Waals surface area contributed by atoms with E-state index >= 15 is 0 Å². The van der Waals surface area contributed by atoms with Crippen molar-refractivity contribution in [3.05, 3.63) is 16.1 Å². The van der Waals surface area contributed by atoms with Crippen LogP contribution in [0.3, 0.4) is 0 Å². The van der Waals surface area contributed by atoms with Crippen molar-refractivity contribution >= 4 is 41.3 Å². The Balaban J connectivity index is 0.00000312. The Morgan fingerprint density at radius 3 is 2.76 bits per heavy atom. The van der Waals surface area contributed by atoms with Gasteiger partial charge in [0.1, 0.15) is 0 Å². The monoisotopic (exact) mass is 480 g/mol. The molecular formula is C18H33IN4OS. The molecule has 144 valence electrons. The fourth-order valence-electron chi connectivity index (χ4n) is 3.21. The van der Waals surface area contributed by atoms with Crippen molar-refractivity contribution in [3.63, 3.8) is 0 Å². The molecule has 1 aliphatic rings. The lowest BCUT2D eigenvalue weighted by Crippen LogP contribution is -2.47. The minimum Gasteiger partial charge on any atom is -0.377 e. The van der Waals surface area contributed by atoms with Crippen LogP contribution < -0.4 is 10.6 Å². The summed E-state index contributed by atoms with van der Waals surface area (Å²) >= 11 is 1.67. The lowest BCUT2D eigenvalue weighted by Gasteiger charge is -2.40. The second-order valence-electron chi connectivity index (χ2n) is 7.50. The molecule has 5 nitrogen and oxygen atoms in total. The number of guanidine groups is 1. The van der Waals surface area contributed by atoms with Crippen molar-refractivity contribution in [1.82, 2.24) is 15.6 Å². The van der Waals surface area contributed by atoms with Crippen molar-refractivity contribution < 1.29 is 4.74 Å². The largest absolute Gasteiger partial charge is 0.377 e. The second-order valence-corrected chi connectivity index (χ2v) is 8.44. The minimum absolute atomic E-state index is 0. The highest BCUT2D eigenvalue weighted by molar-refractivity contribution is 14.0. The van der Waals surface area contributed by atoms with Gasteiger partial charge >= 0.3 is 0 Å². The number of nitrogens with one attached hydrogen (secondary N) is 2. The number of aryl methyl sites for hydroxylation is 1. The van der Waals surface area contributed by atoms with Crippen LogP contribution in [0.1, 0.15) is 51.1 Å². The summed E-state index contributed by atoms with van der Waals surface area (Å²) in [5, 5.41) is 6.86. The molecule has 2 heterocycles. The molecule has 0 aromatic carbocycles. The Hall–Kier alpha value is -0.410. The molecule has 1 aromatic heterocycles. The van der Waals surface area contributed by atoms with Crippen LogP contribution in [0, 0.1) is 18.3 Å². The summed E-state index contributed by atoms with van der Waals surface area (Å²) in [5.41, 5.74) is 3.13. The summed E-state index contributed by atoms with van der Waals surface area (Å²) in [7, 11) is 0. The Labute approximate surface area is 173 Å². The number of halogens is 1. The van der Waals surface area contributed by atoms with Crippen LogP contribution in [0.15, 0.2) is 10.5 Å². The van der Waals surface area contributed by atoms with E-state index in [1.54, 1.807) is 11.3 Å². The van der Waals surface area contributed by atoms with E-state index in [-0.39, 0.29) is 29.4 Å². The molecule has 0 aliphatic carbocycles. The third-order valence-corrected chi connectivity index (χ3v) is 5.32. The van der Waals surface area contributed by atoms with Gasteiger partial charge in [-0.3, -0.25) is 0 Å². The molecule has 0 saturated carbocycles. The number of nitrogens with zero attached hydrogens (tertiary/aromatic N) is 2. The molecule has 1 saturated heterocycles. The quantitative estimate of drug-likeness (QED) is 0.381. The molecule has 25 heavy (non-hydrogen) atoms. The summed E-state index contributed by atoms with van der Waals surface area (Å²) in [5.74, 6) is 1.40. The smallest absolute Gasteiger partial charge is 0.191 e. The molecule has 2 unspecified atom stereocenters. The van der Waals surface area contributed by atoms with E-state index in [2.05, 4.69) is 43.3 Å². The molecule has 2 rings (SSSR count). The molecule has 0 bridgehead atoms. The molecule has 7 heteroatoms. The first kappa shape index (κ1) is 22.6. The number of aliphatic imine (C=N–C) groups is 1. The van der Waals surface area contributed by atoms with E-state index in [0.29, 0.717) is 18.6 Å². The molecule has 0 radical (unpaired) electrons. The van der Waals surface area contributed by atoms with Crippen molar-refractivity contribution in [2.75, 3.05) is 19.7 Å². The van der Waals surface area contributed by atoms with Gasteiger partial charge in [0.2, 0.25) is 0 Å². The van der Waals surface area contributed by atoms with Gasteiger partial charge in [-0.1, -0.05) is 20.8 Å². The van der Waals surface area contributed by atoms with E-state index in [9.17, 15) is 0 Å². The molecule has 2 atom stereocenters. The zero-order valence-electron chi connectivity index (χ0n) is 16.1. The topological polar surface area (TPSA) is 58.5 Å². The third-order valence-electron chi connectivity index (χ3n) is 4.40. The standard InChI is InChI=1S/C18H32N4OS.HI/c1-6-19-17(21-11-15-13(2)22-12-24-15)20-10-14-8-7-9-23-16(14)18(3,4)5;/h12,14,16H,6-11H2,1-5H3,(H2,19,20,21);1H. The zero-order chi connectivity index (χ0) is 17.6. The molecule has 1 fully saturated rings. The lowest BCUT2D eigenvalue weighted by atomic mass is 9.78. The predicted octanol–water partition coefficient (Wildman–Crippen LogP) is 3.97. The van der Waals surface area contributed by atoms with Gasteiger partial charge in [0.05, 0.1) is 23.9 Å². The van der Waals surface area contributed by atoms with E-state index in [4.69, 9.17) is 9.73 Å². The van der Waals surface area contributed by atoms with Crippen LogP contribution >= 0.6 is 35.3 Å². The maximum absolute atomic E-state index is 6.07. The Morgan fingerprint density at radius 1 is 1.40 bits per heavy atom. The first-order valence-electron chi connectivity index (χ1n) is 8.94. The summed E-state index contributed by atoms with van der Waals surface area (Å²) in [4.78, 5) is 10.2. The number of rotatable bonds is 5. The van der Waals surface area contributed by atoms with Gasteiger partial charge < -0.3 is 15.4 Å². The van der Waals surface area contributed by atoms with Crippen LogP contribution in [0.5, 0.6) is 0 Å². The van der Waals surface area contributed by atoms with Crippen molar-refractivity contribution in [3.8, 4) is 0 Å². The number of hydrogen-bond donors (Lipinski definition) is 2. The fourth-order valence-corrected chi connectivity index (χ4v) is 3.91. The normalized spacial score (nSPS) is 21.6. The lowest BCUT2D eigenvalue weighted by molar-refractivity contribution is -0.0835. The number of ether oxygens (including phenoxy) is 1. The van der Waals surface area contributed by atoms with Gasteiger partial charge in [0, 0.05) is 30.5 Å². The average Bonchev–Trinajstić information content (AvgIpc) is 2.94. The van der Waals surface area contributed by atoms with Crippen molar-refractivity contribution in [2.24, 2.45) is 16.3 Å². The van der Waals surface area contributed by atoms with Gasteiger partial charge in [0.25, 0.3) is 0 Å². The van der Waals surface area contributed by atoms with E-state index in [1.807, 2.05) is 12.4 Å². The summed E-state index contributed by atoms with van der Waals surface area (Å²) in [6.45, 7) is 14.2. The number of hydrogen-bond acceptors (Lipinski definition) is 4. The summed E-state index contributed by atoms with van der Waals surface area (Å²) in [6, 6.07) is 0.